The molecule has 0 bridgehead atoms. The molecule has 1 fully saturated rings. The van der Waals surface area contributed by atoms with Crippen LogP contribution in [0.25, 0.3) is 0 Å². The van der Waals surface area contributed by atoms with E-state index in [1.165, 1.54) is 31.9 Å². The second-order valence-corrected chi connectivity index (χ2v) is 6.53. The molecule has 0 aromatic carbocycles. The molecule has 0 atom stereocenters. The summed E-state index contributed by atoms with van der Waals surface area (Å²) >= 11 is 0. The highest BCUT2D eigenvalue weighted by atomic mass is 16.1. The maximum absolute atomic E-state index is 12.2. The lowest BCUT2D eigenvalue weighted by atomic mass is 9.78. The number of rotatable bonds is 5. The molecule has 1 heterocycles. The van der Waals surface area contributed by atoms with Crippen molar-refractivity contribution in [2.24, 2.45) is 11.3 Å². The Kier molecular flexibility index (Phi) is 4.95. The second kappa shape index (κ2) is 6.71. The molecule has 1 aromatic heterocycles. The predicted octanol–water partition coefficient (Wildman–Crippen LogP) is 3.29. The van der Waals surface area contributed by atoms with E-state index < -0.39 is 0 Å². The van der Waals surface area contributed by atoms with Crippen LogP contribution in [0, 0.1) is 22.7 Å². The molecule has 0 radical (unpaired) electrons. The van der Waals surface area contributed by atoms with Crippen LogP contribution >= 0.6 is 0 Å². The van der Waals surface area contributed by atoms with Gasteiger partial charge in [0.05, 0.1) is 5.56 Å². The fraction of sp³-hybridized carbons (Fsp3) is 0.588. The molecule has 4 heteroatoms. The smallest absolute Gasteiger partial charge is 0.269 e. The van der Waals surface area contributed by atoms with E-state index in [0.29, 0.717) is 17.2 Å². The summed E-state index contributed by atoms with van der Waals surface area (Å²) < 4.78 is 0. The molecule has 1 aliphatic carbocycles. The second-order valence-electron chi connectivity index (χ2n) is 6.53. The van der Waals surface area contributed by atoms with Crippen LogP contribution in [0.3, 0.4) is 0 Å². The van der Waals surface area contributed by atoms with Crippen molar-refractivity contribution in [1.82, 2.24) is 10.3 Å². The number of aromatic nitrogens is 1. The van der Waals surface area contributed by atoms with Crippen molar-refractivity contribution in [1.29, 1.82) is 5.26 Å². The van der Waals surface area contributed by atoms with Crippen molar-refractivity contribution < 1.29 is 4.79 Å². The highest BCUT2D eigenvalue weighted by molar-refractivity contribution is 5.92. The number of hydrogen-bond acceptors (Lipinski definition) is 3. The molecule has 1 saturated carbocycles. The first-order valence-corrected chi connectivity index (χ1v) is 7.69. The minimum atomic E-state index is -0.144. The van der Waals surface area contributed by atoms with E-state index in [0.717, 1.165) is 13.0 Å². The topological polar surface area (TPSA) is 65.8 Å². The molecule has 0 unspecified atom stereocenters. The van der Waals surface area contributed by atoms with Gasteiger partial charge < -0.3 is 5.32 Å². The lowest BCUT2D eigenvalue weighted by Crippen LogP contribution is -2.37. The van der Waals surface area contributed by atoms with Gasteiger partial charge in [0.2, 0.25) is 0 Å². The standard InChI is InChI=1S/C17H23N3O/c1-13(2)9-17(7-3-4-8-17)12-20-16(21)15-6-5-14(10-18)11-19-15/h5-6,11,13H,3-4,7-9,12H2,1-2H3,(H,20,21). The molecule has 0 spiro atoms. The Labute approximate surface area is 126 Å². The van der Waals surface area contributed by atoms with Gasteiger partial charge >= 0.3 is 0 Å². The SMILES string of the molecule is CC(C)CC1(CNC(=O)c2ccc(C#N)cn2)CCCC1. The molecule has 1 aliphatic rings. The van der Waals surface area contributed by atoms with Gasteiger partial charge in [0.25, 0.3) is 5.91 Å². The van der Waals surface area contributed by atoms with Crippen LogP contribution in [0.1, 0.15) is 62.0 Å². The average Bonchev–Trinajstić information content (AvgIpc) is 2.93. The van der Waals surface area contributed by atoms with Crippen molar-refractivity contribution in [3.63, 3.8) is 0 Å². The molecule has 0 aliphatic heterocycles. The maximum atomic E-state index is 12.2. The van der Waals surface area contributed by atoms with Crippen LogP contribution in [0.5, 0.6) is 0 Å². The van der Waals surface area contributed by atoms with E-state index in [1.807, 2.05) is 6.07 Å². The minimum Gasteiger partial charge on any atom is -0.350 e. The van der Waals surface area contributed by atoms with Crippen molar-refractivity contribution in [2.75, 3.05) is 6.54 Å². The Morgan fingerprint density at radius 2 is 2.14 bits per heavy atom. The van der Waals surface area contributed by atoms with E-state index in [2.05, 4.69) is 24.1 Å². The van der Waals surface area contributed by atoms with Gasteiger partial charge in [-0.05, 0) is 42.7 Å². The van der Waals surface area contributed by atoms with Crippen molar-refractivity contribution in [3.8, 4) is 6.07 Å². The number of carbonyl (C=O) groups is 1. The summed E-state index contributed by atoms with van der Waals surface area (Å²) in [5.41, 5.74) is 1.11. The van der Waals surface area contributed by atoms with E-state index in [9.17, 15) is 4.79 Å². The molecule has 112 valence electrons. The molecule has 0 saturated heterocycles. The van der Waals surface area contributed by atoms with Crippen LogP contribution in [0.2, 0.25) is 0 Å². The number of pyridine rings is 1. The fourth-order valence-electron chi connectivity index (χ4n) is 3.40. The lowest BCUT2D eigenvalue weighted by molar-refractivity contribution is 0.0917. The van der Waals surface area contributed by atoms with Gasteiger partial charge in [-0.1, -0.05) is 26.7 Å². The number of nitriles is 1. The molecule has 21 heavy (non-hydrogen) atoms. The summed E-state index contributed by atoms with van der Waals surface area (Å²) in [4.78, 5) is 16.2. The van der Waals surface area contributed by atoms with Gasteiger partial charge in [-0.2, -0.15) is 5.26 Å². The first-order valence-electron chi connectivity index (χ1n) is 7.69. The largest absolute Gasteiger partial charge is 0.350 e. The third-order valence-corrected chi connectivity index (χ3v) is 4.25. The number of hydrogen-bond donors (Lipinski definition) is 1. The Balaban J connectivity index is 1.97. The number of nitrogens with one attached hydrogen (secondary N) is 1. The van der Waals surface area contributed by atoms with Gasteiger partial charge in [0.15, 0.2) is 0 Å². The molecule has 1 aromatic rings. The molecule has 2 rings (SSSR count). The summed E-state index contributed by atoms with van der Waals surface area (Å²) in [5, 5.41) is 11.8. The van der Waals surface area contributed by atoms with Crippen molar-refractivity contribution in [2.45, 2.75) is 46.0 Å². The Morgan fingerprint density at radius 1 is 1.43 bits per heavy atom. The van der Waals surface area contributed by atoms with E-state index in [-0.39, 0.29) is 11.3 Å². The summed E-state index contributed by atoms with van der Waals surface area (Å²) in [7, 11) is 0. The number of nitrogens with zero attached hydrogens (tertiary/aromatic N) is 2. The Hall–Kier alpha value is -1.89. The van der Waals surface area contributed by atoms with Gasteiger partial charge in [0.1, 0.15) is 11.8 Å². The molecule has 1 amide bonds. The quantitative estimate of drug-likeness (QED) is 0.902. The van der Waals surface area contributed by atoms with Crippen LogP contribution < -0.4 is 5.32 Å². The maximum Gasteiger partial charge on any atom is 0.269 e. The molecular weight excluding hydrogens is 262 g/mol. The van der Waals surface area contributed by atoms with E-state index in [1.54, 1.807) is 12.1 Å². The molecular formula is C17H23N3O. The van der Waals surface area contributed by atoms with Crippen LogP contribution in [0.4, 0.5) is 0 Å². The van der Waals surface area contributed by atoms with Crippen LogP contribution in [-0.4, -0.2) is 17.4 Å². The van der Waals surface area contributed by atoms with Crippen molar-refractivity contribution in [3.05, 3.63) is 29.6 Å². The van der Waals surface area contributed by atoms with Gasteiger partial charge in [0, 0.05) is 12.7 Å². The number of carbonyl (C=O) groups excluding carboxylic acids is 1. The van der Waals surface area contributed by atoms with E-state index >= 15 is 0 Å². The van der Waals surface area contributed by atoms with Gasteiger partial charge in [-0.15, -0.1) is 0 Å². The average molecular weight is 285 g/mol. The first kappa shape index (κ1) is 15.5. The Morgan fingerprint density at radius 3 is 2.67 bits per heavy atom. The summed E-state index contributed by atoms with van der Waals surface area (Å²) in [6, 6.07) is 5.24. The molecule has 1 N–H and O–H groups in total. The minimum absolute atomic E-state index is 0.144. The van der Waals surface area contributed by atoms with Crippen LogP contribution in [-0.2, 0) is 0 Å². The van der Waals surface area contributed by atoms with E-state index in [4.69, 9.17) is 5.26 Å². The zero-order chi connectivity index (χ0) is 15.3. The first-order chi connectivity index (χ1) is 10.0. The monoisotopic (exact) mass is 285 g/mol. The highest BCUT2D eigenvalue weighted by Crippen LogP contribution is 2.42. The predicted molar refractivity (Wildman–Crippen MR) is 81.6 cm³/mol. The lowest BCUT2D eigenvalue weighted by Gasteiger charge is -2.31. The summed E-state index contributed by atoms with van der Waals surface area (Å²) in [6.45, 7) is 5.21. The highest BCUT2D eigenvalue weighted by Gasteiger charge is 2.34. The summed E-state index contributed by atoms with van der Waals surface area (Å²) in [6.07, 6.45) is 7.52. The zero-order valence-corrected chi connectivity index (χ0v) is 12.9. The third kappa shape index (κ3) is 4.04. The summed E-state index contributed by atoms with van der Waals surface area (Å²) in [5.74, 6) is 0.502. The number of amides is 1. The van der Waals surface area contributed by atoms with Gasteiger partial charge in [-0.3, -0.25) is 4.79 Å². The molecule has 4 nitrogen and oxygen atoms in total. The fourth-order valence-corrected chi connectivity index (χ4v) is 3.40. The Bertz CT molecular complexity index is 522. The van der Waals surface area contributed by atoms with Gasteiger partial charge in [-0.25, -0.2) is 4.98 Å². The third-order valence-electron chi connectivity index (χ3n) is 4.25. The van der Waals surface area contributed by atoms with Crippen molar-refractivity contribution >= 4 is 5.91 Å². The zero-order valence-electron chi connectivity index (χ0n) is 12.9. The normalized spacial score (nSPS) is 16.7. The van der Waals surface area contributed by atoms with Crippen LogP contribution in [0.15, 0.2) is 18.3 Å².